The molecule has 0 bridgehead atoms. The summed E-state index contributed by atoms with van der Waals surface area (Å²) in [6, 6.07) is 5.62. The predicted molar refractivity (Wildman–Crippen MR) is 73.9 cm³/mol. The highest BCUT2D eigenvalue weighted by Crippen LogP contribution is 2.18. The molecule has 19 heavy (non-hydrogen) atoms. The summed E-state index contributed by atoms with van der Waals surface area (Å²) in [6.07, 6.45) is 0. The molecule has 1 aromatic heterocycles. The van der Waals surface area contributed by atoms with Crippen LogP contribution in [0.15, 0.2) is 12.1 Å². The quantitative estimate of drug-likeness (QED) is 0.791. The van der Waals surface area contributed by atoms with Crippen LogP contribution in [0.3, 0.4) is 0 Å². The highest BCUT2D eigenvalue weighted by atomic mass is 16.5. The molecule has 0 spiro atoms. The number of nitrogens with zero attached hydrogens (tertiary/aromatic N) is 3. The first-order valence-electron chi connectivity index (χ1n) is 6.05. The Hall–Kier alpha value is -1.84. The number of hydrogen-bond acceptors (Lipinski definition) is 6. The number of aromatic nitrogens is 1. The number of pyridine rings is 1. The van der Waals surface area contributed by atoms with Gasteiger partial charge in [-0.15, -0.1) is 0 Å². The van der Waals surface area contributed by atoms with Gasteiger partial charge < -0.3 is 20.1 Å². The minimum atomic E-state index is 0.128. The van der Waals surface area contributed by atoms with E-state index in [0.717, 1.165) is 0 Å². The highest BCUT2D eigenvalue weighted by Gasteiger charge is 2.16. The molecule has 1 atom stereocenters. The van der Waals surface area contributed by atoms with E-state index < -0.39 is 0 Å². The van der Waals surface area contributed by atoms with Gasteiger partial charge in [-0.1, -0.05) is 0 Å². The summed E-state index contributed by atoms with van der Waals surface area (Å²) >= 11 is 0. The number of hydrogen-bond donors (Lipinski definition) is 1. The second kappa shape index (κ2) is 7.56. The van der Waals surface area contributed by atoms with Crippen LogP contribution < -0.4 is 10.6 Å². The lowest BCUT2D eigenvalue weighted by atomic mass is 10.2. The van der Waals surface area contributed by atoms with E-state index in [0.29, 0.717) is 31.3 Å². The molecule has 6 heteroatoms. The maximum Gasteiger partial charge on any atom is 0.165 e. The van der Waals surface area contributed by atoms with E-state index in [1.54, 1.807) is 26.4 Å². The Balaban J connectivity index is 2.99. The monoisotopic (exact) mass is 264 g/mol. The van der Waals surface area contributed by atoms with Crippen LogP contribution in [0.4, 0.5) is 11.5 Å². The van der Waals surface area contributed by atoms with Crippen molar-refractivity contribution >= 4 is 11.5 Å². The van der Waals surface area contributed by atoms with Gasteiger partial charge >= 0.3 is 0 Å². The van der Waals surface area contributed by atoms with Crippen molar-refractivity contribution in [3.05, 3.63) is 17.8 Å². The Morgan fingerprint density at radius 2 is 2.16 bits per heavy atom. The fraction of sp³-hybridized carbons (Fsp3) is 0.538. The highest BCUT2D eigenvalue weighted by molar-refractivity contribution is 5.55. The lowest BCUT2D eigenvalue weighted by molar-refractivity contribution is 0.170. The molecule has 1 heterocycles. The molecule has 104 valence electrons. The van der Waals surface area contributed by atoms with Crippen LogP contribution in [0.1, 0.15) is 12.6 Å². The Morgan fingerprint density at radius 1 is 1.42 bits per heavy atom. The van der Waals surface area contributed by atoms with Crippen molar-refractivity contribution in [3.8, 4) is 6.07 Å². The van der Waals surface area contributed by atoms with Crippen molar-refractivity contribution in [1.29, 1.82) is 5.26 Å². The first kappa shape index (κ1) is 15.2. The van der Waals surface area contributed by atoms with Crippen molar-refractivity contribution in [3.63, 3.8) is 0 Å². The molecule has 1 aromatic rings. The Morgan fingerprint density at radius 3 is 2.74 bits per heavy atom. The van der Waals surface area contributed by atoms with Gasteiger partial charge in [0.2, 0.25) is 0 Å². The van der Waals surface area contributed by atoms with Crippen LogP contribution in [0.2, 0.25) is 0 Å². The Kier molecular flexibility index (Phi) is 6.06. The normalized spacial score (nSPS) is 11.9. The smallest absolute Gasteiger partial charge is 0.165 e. The third-order valence-electron chi connectivity index (χ3n) is 2.79. The first-order chi connectivity index (χ1) is 9.13. The summed E-state index contributed by atoms with van der Waals surface area (Å²) in [6.45, 7) is 3.84. The van der Waals surface area contributed by atoms with Crippen LogP contribution in [-0.2, 0) is 9.47 Å². The number of nitrogens with two attached hydrogens (primary N) is 1. The zero-order valence-electron chi connectivity index (χ0n) is 11.6. The molecule has 0 aliphatic rings. The number of nitriles is 1. The molecule has 0 aliphatic carbocycles. The summed E-state index contributed by atoms with van der Waals surface area (Å²) in [5.74, 6) is 0.701. The minimum absolute atomic E-state index is 0.128. The summed E-state index contributed by atoms with van der Waals surface area (Å²) in [4.78, 5) is 6.31. The summed E-state index contributed by atoms with van der Waals surface area (Å²) in [7, 11) is 3.30. The average Bonchev–Trinajstić information content (AvgIpc) is 2.41. The van der Waals surface area contributed by atoms with E-state index in [4.69, 9.17) is 20.5 Å². The second-order valence-corrected chi connectivity index (χ2v) is 4.21. The number of nitrogen functional groups attached to an aromatic ring is 1. The summed E-state index contributed by atoms with van der Waals surface area (Å²) < 4.78 is 10.3. The second-order valence-electron chi connectivity index (χ2n) is 4.21. The largest absolute Gasteiger partial charge is 0.396 e. The fourth-order valence-electron chi connectivity index (χ4n) is 1.79. The van der Waals surface area contributed by atoms with Crippen LogP contribution in [0.25, 0.3) is 0 Å². The van der Waals surface area contributed by atoms with E-state index in [1.165, 1.54) is 0 Å². The predicted octanol–water partition coefficient (Wildman–Crippen LogP) is 1.02. The SMILES string of the molecule is COCCN(c1ccc(N)c(C#N)n1)C(C)COC. The molecule has 6 nitrogen and oxygen atoms in total. The maximum atomic E-state index is 8.98. The van der Waals surface area contributed by atoms with Gasteiger partial charge in [0, 0.05) is 20.8 Å². The molecule has 1 rings (SSSR count). The summed E-state index contributed by atoms with van der Waals surface area (Å²) in [5.41, 5.74) is 6.31. The van der Waals surface area contributed by atoms with Crippen molar-refractivity contribution < 1.29 is 9.47 Å². The van der Waals surface area contributed by atoms with Crippen molar-refractivity contribution in [2.45, 2.75) is 13.0 Å². The van der Waals surface area contributed by atoms with Gasteiger partial charge in [-0.3, -0.25) is 0 Å². The molecule has 2 N–H and O–H groups in total. The van der Waals surface area contributed by atoms with E-state index in [9.17, 15) is 0 Å². The molecular weight excluding hydrogens is 244 g/mol. The molecule has 0 aromatic carbocycles. The summed E-state index contributed by atoms with van der Waals surface area (Å²) in [5, 5.41) is 8.98. The van der Waals surface area contributed by atoms with E-state index in [1.807, 2.05) is 17.9 Å². The van der Waals surface area contributed by atoms with Gasteiger partial charge in [0.15, 0.2) is 5.69 Å². The fourth-order valence-corrected chi connectivity index (χ4v) is 1.79. The molecule has 0 saturated heterocycles. The van der Waals surface area contributed by atoms with E-state index >= 15 is 0 Å². The zero-order valence-corrected chi connectivity index (χ0v) is 11.6. The van der Waals surface area contributed by atoms with Gasteiger partial charge in [-0.2, -0.15) is 5.26 Å². The average molecular weight is 264 g/mol. The lowest BCUT2D eigenvalue weighted by Gasteiger charge is -2.29. The van der Waals surface area contributed by atoms with Crippen LogP contribution >= 0.6 is 0 Å². The number of methoxy groups -OCH3 is 2. The molecule has 0 fully saturated rings. The molecular formula is C13H20N4O2. The van der Waals surface area contributed by atoms with Crippen molar-refractivity contribution in [1.82, 2.24) is 4.98 Å². The molecule has 0 amide bonds. The number of ether oxygens (including phenoxy) is 2. The standard InChI is InChI=1S/C13H20N4O2/c1-10(9-19-3)17(6-7-18-2)13-5-4-11(15)12(8-14)16-13/h4-5,10H,6-7,9,15H2,1-3H3. The third kappa shape index (κ3) is 4.09. The maximum absolute atomic E-state index is 8.98. The molecule has 1 unspecified atom stereocenters. The lowest BCUT2D eigenvalue weighted by Crippen LogP contribution is -2.39. The van der Waals surface area contributed by atoms with Gasteiger partial charge in [0.1, 0.15) is 11.9 Å². The van der Waals surface area contributed by atoms with Crippen LogP contribution in [0, 0.1) is 11.3 Å². The third-order valence-corrected chi connectivity index (χ3v) is 2.79. The van der Waals surface area contributed by atoms with Gasteiger partial charge in [0.25, 0.3) is 0 Å². The number of rotatable bonds is 7. The minimum Gasteiger partial charge on any atom is -0.396 e. The molecule has 0 aliphatic heterocycles. The van der Waals surface area contributed by atoms with Gasteiger partial charge in [-0.05, 0) is 19.1 Å². The zero-order chi connectivity index (χ0) is 14.3. The van der Waals surface area contributed by atoms with Crippen LogP contribution in [0.5, 0.6) is 0 Å². The topological polar surface area (TPSA) is 84.4 Å². The van der Waals surface area contributed by atoms with Gasteiger partial charge in [0.05, 0.1) is 24.9 Å². The van der Waals surface area contributed by atoms with Crippen molar-refractivity contribution in [2.24, 2.45) is 0 Å². The van der Waals surface area contributed by atoms with Crippen molar-refractivity contribution in [2.75, 3.05) is 44.6 Å². The van der Waals surface area contributed by atoms with Gasteiger partial charge in [-0.25, -0.2) is 4.98 Å². The van der Waals surface area contributed by atoms with E-state index in [-0.39, 0.29) is 11.7 Å². The Bertz CT molecular complexity index is 445. The van der Waals surface area contributed by atoms with Crippen LogP contribution in [-0.4, -0.2) is 45.0 Å². The Labute approximate surface area is 113 Å². The molecule has 0 saturated carbocycles. The van der Waals surface area contributed by atoms with E-state index in [2.05, 4.69) is 4.98 Å². The number of anilines is 2. The molecule has 0 radical (unpaired) electrons. The first-order valence-corrected chi connectivity index (χ1v) is 6.05.